The molecule has 3 rings (SSSR count). The number of alkyl halides is 3. The maximum Gasteiger partial charge on any atom is 0.266 e. The van der Waals surface area contributed by atoms with E-state index < -0.39 is 35.4 Å². The van der Waals surface area contributed by atoms with Gasteiger partial charge in [-0.25, -0.2) is 13.2 Å². The molecule has 0 bridgehead atoms. The van der Waals surface area contributed by atoms with Crippen LogP contribution in [0.15, 0.2) is 30.5 Å². The SMILES string of the molecule is O=C(Nc1c(Cl)cc(Cl)cc1C(F)F)[C@@]1(F)CC[C@H](O)c2ncccc21. The number of amides is 1. The van der Waals surface area contributed by atoms with Crippen LogP contribution in [-0.2, 0) is 10.5 Å². The summed E-state index contributed by atoms with van der Waals surface area (Å²) in [5, 5.41) is 11.9. The Labute approximate surface area is 157 Å². The maximum absolute atomic E-state index is 15.5. The van der Waals surface area contributed by atoms with Crippen LogP contribution in [0.3, 0.4) is 0 Å². The van der Waals surface area contributed by atoms with Crippen LogP contribution < -0.4 is 5.32 Å². The zero-order valence-electron chi connectivity index (χ0n) is 13.1. The Hall–Kier alpha value is -1.83. The number of fused-ring (bicyclic) bond motifs is 1. The molecule has 0 radical (unpaired) electrons. The van der Waals surface area contributed by atoms with Crippen molar-refractivity contribution in [3.63, 3.8) is 0 Å². The molecule has 1 amide bonds. The second kappa shape index (κ2) is 7.06. The Bertz CT molecular complexity index is 866. The molecule has 2 N–H and O–H groups in total. The molecule has 1 aromatic carbocycles. The van der Waals surface area contributed by atoms with E-state index in [1.54, 1.807) is 0 Å². The van der Waals surface area contributed by atoms with Crippen LogP contribution in [0, 0.1) is 0 Å². The van der Waals surface area contributed by atoms with E-state index in [1.807, 2.05) is 0 Å². The van der Waals surface area contributed by atoms with Gasteiger partial charge in [0.25, 0.3) is 12.3 Å². The average Bonchev–Trinajstić information content (AvgIpc) is 2.60. The first-order valence-electron chi connectivity index (χ1n) is 7.65. The summed E-state index contributed by atoms with van der Waals surface area (Å²) in [6.45, 7) is 0. The summed E-state index contributed by atoms with van der Waals surface area (Å²) in [6, 6.07) is 4.90. The molecule has 0 fully saturated rings. The van der Waals surface area contributed by atoms with Crippen molar-refractivity contribution in [2.75, 3.05) is 5.32 Å². The smallest absolute Gasteiger partial charge is 0.266 e. The molecular formula is C17H13Cl2F3N2O2. The van der Waals surface area contributed by atoms with Gasteiger partial charge >= 0.3 is 0 Å². The standard InChI is InChI=1S/C17H13Cl2F3N2O2/c18-8-6-9(15(20)21)13(11(19)7-8)24-16(26)17(22)4-3-12(25)14-10(17)2-1-5-23-14/h1-2,5-7,12,15,25H,3-4H2,(H,24,26)/t12-,17+/m0/s1. The molecule has 2 aromatic rings. The molecule has 1 aliphatic rings. The zero-order chi connectivity index (χ0) is 19.1. The van der Waals surface area contributed by atoms with Crippen LogP contribution in [0.5, 0.6) is 0 Å². The number of aliphatic hydroxyl groups excluding tert-OH is 1. The van der Waals surface area contributed by atoms with Gasteiger partial charge in [0.05, 0.1) is 22.5 Å². The highest BCUT2D eigenvalue weighted by molar-refractivity contribution is 6.37. The Balaban J connectivity index is 2.01. The minimum Gasteiger partial charge on any atom is -0.387 e. The first-order valence-corrected chi connectivity index (χ1v) is 8.40. The topological polar surface area (TPSA) is 62.2 Å². The second-order valence-electron chi connectivity index (χ2n) is 5.90. The van der Waals surface area contributed by atoms with Crippen LogP contribution in [0.4, 0.5) is 18.9 Å². The highest BCUT2D eigenvalue weighted by Crippen LogP contribution is 2.44. The fraction of sp³-hybridized carbons (Fsp3) is 0.294. The fourth-order valence-electron chi connectivity index (χ4n) is 2.97. The van der Waals surface area contributed by atoms with Gasteiger partial charge in [0.2, 0.25) is 5.67 Å². The van der Waals surface area contributed by atoms with Crippen molar-refractivity contribution in [3.8, 4) is 0 Å². The summed E-state index contributed by atoms with van der Waals surface area (Å²) < 4.78 is 42.1. The number of nitrogens with zero attached hydrogens (tertiary/aromatic N) is 1. The number of hydrogen-bond donors (Lipinski definition) is 2. The van der Waals surface area contributed by atoms with Gasteiger partial charge in [0.1, 0.15) is 0 Å². The number of nitrogens with one attached hydrogen (secondary N) is 1. The molecule has 1 aromatic heterocycles. The number of aliphatic hydroxyl groups is 1. The van der Waals surface area contributed by atoms with Crippen molar-refractivity contribution in [2.45, 2.75) is 31.0 Å². The lowest BCUT2D eigenvalue weighted by molar-refractivity contribution is -0.129. The molecule has 0 aliphatic heterocycles. The summed E-state index contributed by atoms with van der Waals surface area (Å²) in [5.74, 6) is -1.16. The number of halogens is 5. The van der Waals surface area contributed by atoms with Gasteiger partial charge in [0.15, 0.2) is 0 Å². The third-order valence-corrected chi connectivity index (χ3v) is 4.78. The van der Waals surface area contributed by atoms with Gasteiger partial charge in [0, 0.05) is 22.3 Å². The normalized spacial score (nSPS) is 22.2. The summed E-state index contributed by atoms with van der Waals surface area (Å²) in [4.78, 5) is 16.6. The van der Waals surface area contributed by atoms with Crippen molar-refractivity contribution >= 4 is 34.8 Å². The van der Waals surface area contributed by atoms with Crippen molar-refractivity contribution in [2.24, 2.45) is 0 Å². The van der Waals surface area contributed by atoms with Crippen LogP contribution in [-0.4, -0.2) is 16.0 Å². The highest BCUT2D eigenvalue weighted by atomic mass is 35.5. The van der Waals surface area contributed by atoms with E-state index in [9.17, 15) is 18.7 Å². The molecule has 138 valence electrons. The minimum absolute atomic E-state index is 0.0337. The molecule has 1 heterocycles. The lowest BCUT2D eigenvalue weighted by atomic mass is 9.81. The highest BCUT2D eigenvalue weighted by Gasteiger charge is 2.47. The molecule has 0 saturated carbocycles. The summed E-state index contributed by atoms with van der Waals surface area (Å²) in [6.07, 6.45) is -2.97. The van der Waals surface area contributed by atoms with Crippen LogP contribution in [0.1, 0.15) is 42.2 Å². The van der Waals surface area contributed by atoms with E-state index in [-0.39, 0.29) is 34.1 Å². The number of anilines is 1. The van der Waals surface area contributed by atoms with Crippen LogP contribution in [0.25, 0.3) is 0 Å². The molecule has 0 spiro atoms. The minimum atomic E-state index is -2.97. The van der Waals surface area contributed by atoms with Gasteiger partial charge in [-0.3, -0.25) is 9.78 Å². The van der Waals surface area contributed by atoms with Crippen molar-refractivity contribution in [1.82, 2.24) is 4.98 Å². The quantitative estimate of drug-likeness (QED) is 0.759. The third kappa shape index (κ3) is 3.26. The lowest BCUT2D eigenvalue weighted by Gasteiger charge is -2.32. The van der Waals surface area contributed by atoms with Crippen molar-refractivity contribution < 1.29 is 23.1 Å². The number of carbonyl (C=O) groups is 1. The Morgan fingerprint density at radius 1 is 1.38 bits per heavy atom. The summed E-state index contributed by atoms with van der Waals surface area (Å²) >= 11 is 11.6. The van der Waals surface area contributed by atoms with Crippen LogP contribution in [0.2, 0.25) is 10.0 Å². The zero-order valence-corrected chi connectivity index (χ0v) is 14.7. The first-order chi connectivity index (χ1) is 12.2. The first kappa shape index (κ1) is 18.9. The number of carbonyl (C=O) groups excluding carboxylic acids is 1. The van der Waals surface area contributed by atoms with E-state index in [2.05, 4.69) is 10.3 Å². The molecule has 0 saturated heterocycles. The predicted molar refractivity (Wildman–Crippen MR) is 91.3 cm³/mol. The molecule has 1 aliphatic carbocycles. The van der Waals surface area contributed by atoms with Crippen LogP contribution >= 0.6 is 23.2 Å². The summed E-state index contributed by atoms with van der Waals surface area (Å²) in [5.41, 5.74) is -3.59. The van der Waals surface area contributed by atoms with E-state index in [0.29, 0.717) is 0 Å². The van der Waals surface area contributed by atoms with Gasteiger partial charge in [-0.05, 0) is 31.0 Å². The van der Waals surface area contributed by atoms with Crippen molar-refractivity contribution in [3.05, 3.63) is 57.3 Å². The van der Waals surface area contributed by atoms with Gasteiger partial charge < -0.3 is 10.4 Å². The molecular weight excluding hydrogens is 392 g/mol. The number of pyridine rings is 1. The Morgan fingerprint density at radius 2 is 2.12 bits per heavy atom. The largest absolute Gasteiger partial charge is 0.387 e. The van der Waals surface area contributed by atoms with E-state index >= 15 is 4.39 Å². The van der Waals surface area contributed by atoms with Crippen molar-refractivity contribution in [1.29, 1.82) is 0 Å². The van der Waals surface area contributed by atoms with Gasteiger partial charge in [-0.1, -0.05) is 29.3 Å². The number of aromatic nitrogens is 1. The number of hydrogen-bond acceptors (Lipinski definition) is 3. The average molecular weight is 405 g/mol. The maximum atomic E-state index is 15.5. The number of rotatable bonds is 3. The molecule has 26 heavy (non-hydrogen) atoms. The van der Waals surface area contributed by atoms with Gasteiger partial charge in [-0.2, -0.15) is 0 Å². The number of benzene rings is 1. The van der Waals surface area contributed by atoms with E-state index in [1.165, 1.54) is 24.4 Å². The summed E-state index contributed by atoms with van der Waals surface area (Å²) in [7, 11) is 0. The molecule has 4 nitrogen and oxygen atoms in total. The predicted octanol–water partition coefficient (Wildman–Crippen LogP) is 4.96. The monoisotopic (exact) mass is 404 g/mol. The molecule has 9 heteroatoms. The second-order valence-corrected chi connectivity index (χ2v) is 6.74. The molecule has 2 atom stereocenters. The Morgan fingerprint density at radius 3 is 2.81 bits per heavy atom. The Kier molecular flexibility index (Phi) is 5.14. The van der Waals surface area contributed by atoms with E-state index in [4.69, 9.17) is 23.2 Å². The van der Waals surface area contributed by atoms with E-state index in [0.717, 1.165) is 6.07 Å². The fourth-order valence-corrected chi connectivity index (χ4v) is 3.53. The van der Waals surface area contributed by atoms with Gasteiger partial charge in [-0.15, -0.1) is 0 Å². The molecule has 0 unspecified atom stereocenters. The lowest BCUT2D eigenvalue weighted by Crippen LogP contribution is -2.40. The third-order valence-electron chi connectivity index (χ3n) is 4.26.